The van der Waals surface area contributed by atoms with Gasteiger partial charge in [-0.05, 0) is 37.5 Å². The molecule has 1 saturated heterocycles. The topological polar surface area (TPSA) is 49.4 Å². The zero-order valence-corrected chi connectivity index (χ0v) is 14.8. The highest BCUT2D eigenvalue weighted by Gasteiger charge is 2.47. The second-order valence-electron chi connectivity index (χ2n) is 6.46. The van der Waals surface area contributed by atoms with Gasteiger partial charge in [-0.15, -0.1) is 0 Å². The molecule has 3 rings (SSSR count). The van der Waals surface area contributed by atoms with Gasteiger partial charge in [0.1, 0.15) is 0 Å². The van der Waals surface area contributed by atoms with Gasteiger partial charge in [0, 0.05) is 16.8 Å². The van der Waals surface area contributed by atoms with Gasteiger partial charge in [0.2, 0.25) is 0 Å². The average Bonchev–Trinajstić information content (AvgIpc) is 2.85. The Morgan fingerprint density at radius 2 is 1.91 bits per heavy atom. The van der Waals surface area contributed by atoms with Gasteiger partial charge in [0.25, 0.3) is 5.24 Å². The smallest absolute Gasteiger partial charge is 0.325 e. The first-order valence-electron chi connectivity index (χ1n) is 8.04. The Morgan fingerprint density at radius 1 is 1.26 bits per heavy atom. The van der Waals surface area contributed by atoms with E-state index < -0.39 is 5.54 Å². The Balaban J connectivity index is 1.81. The van der Waals surface area contributed by atoms with Gasteiger partial charge in [-0.2, -0.15) is 0 Å². The molecule has 3 amide bonds. The Labute approximate surface area is 145 Å². The third kappa shape index (κ3) is 3.36. The number of imide groups is 1. The number of urea groups is 1. The number of rotatable bonds is 2. The van der Waals surface area contributed by atoms with Crippen LogP contribution >= 0.6 is 23.4 Å². The highest BCUT2D eigenvalue weighted by Crippen LogP contribution is 2.41. The van der Waals surface area contributed by atoms with Crippen molar-refractivity contribution in [2.75, 3.05) is 5.75 Å². The second kappa shape index (κ2) is 6.73. The lowest BCUT2D eigenvalue weighted by Gasteiger charge is -2.35. The minimum Gasteiger partial charge on any atom is -0.335 e. The van der Waals surface area contributed by atoms with Crippen LogP contribution in [0.3, 0.4) is 0 Å². The number of hydrogen-bond donors (Lipinski definition) is 1. The minimum atomic E-state index is -0.634. The van der Waals surface area contributed by atoms with Crippen LogP contribution in [0.25, 0.3) is 0 Å². The van der Waals surface area contributed by atoms with Gasteiger partial charge in [0.05, 0.1) is 5.54 Å². The van der Waals surface area contributed by atoms with E-state index >= 15 is 0 Å². The van der Waals surface area contributed by atoms with Gasteiger partial charge in [-0.25, -0.2) is 9.69 Å². The summed E-state index contributed by atoms with van der Waals surface area (Å²) in [4.78, 5) is 26.4. The first-order valence-corrected chi connectivity index (χ1v) is 9.40. The van der Waals surface area contributed by atoms with Crippen LogP contribution in [0.5, 0.6) is 0 Å². The monoisotopic (exact) mass is 352 g/mol. The number of hydrogen-bond acceptors (Lipinski definition) is 3. The molecular weight excluding hydrogens is 332 g/mol. The summed E-state index contributed by atoms with van der Waals surface area (Å²) in [6.07, 6.45) is 5.51. The number of amides is 3. The van der Waals surface area contributed by atoms with Crippen LogP contribution in [-0.4, -0.2) is 28.0 Å². The van der Waals surface area contributed by atoms with Crippen molar-refractivity contribution < 1.29 is 9.59 Å². The third-order valence-electron chi connectivity index (χ3n) is 4.75. The van der Waals surface area contributed by atoms with Crippen molar-refractivity contribution in [2.45, 2.75) is 50.6 Å². The largest absolute Gasteiger partial charge is 0.335 e. The lowest BCUT2D eigenvalue weighted by Crippen LogP contribution is -2.53. The van der Waals surface area contributed by atoms with E-state index in [1.807, 2.05) is 19.1 Å². The van der Waals surface area contributed by atoms with E-state index in [0.717, 1.165) is 31.2 Å². The van der Waals surface area contributed by atoms with Crippen LogP contribution in [0.1, 0.15) is 44.6 Å². The normalized spacial score (nSPS) is 25.7. The molecule has 0 spiro atoms. The predicted molar refractivity (Wildman–Crippen MR) is 93.9 cm³/mol. The van der Waals surface area contributed by atoms with Crippen molar-refractivity contribution in [3.05, 3.63) is 34.9 Å². The van der Waals surface area contributed by atoms with E-state index in [-0.39, 0.29) is 17.3 Å². The Hall–Kier alpha value is -1.20. The molecule has 1 aliphatic carbocycles. The van der Waals surface area contributed by atoms with Crippen LogP contribution in [0, 0.1) is 0 Å². The second-order valence-corrected chi connectivity index (χ2v) is 7.82. The van der Waals surface area contributed by atoms with Crippen molar-refractivity contribution in [1.82, 2.24) is 10.2 Å². The molecule has 1 aliphatic heterocycles. The van der Waals surface area contributed by atoms with Crippen molar-refractivity contribution >= 4 is 34.6 Å². The molecule has 0 radical (unpaired) electrons. The number of nitrogens with one attached hydrogen (secondary N) is 1. The molecule has 1 saturated carbocycles. The number of halogens is 1. The van der Waals surface area contributed by atoms with E-state index in [4.69, 9.17) is 11.6 Å². The number of carbonyl (C=O) groups excluding carboxylic acids is 2. The standard InChI is InChI=1S/C17H21ClN2O2S/c1-17(12-7-9-13(18)10-8-12)11-23-16(22)20(17)15(21)19-14-5-3-2-4-6-14/h7-10,14H,2-6,11H2,1H3,(H,19,21). The van der Waals surface area contributed by atoms with E-state index in [9.17, 15) is 9.59 Å². The highest BCUT2D eigenvalue weighted by atomic mass is 35.5. The number of nitrogens with zero attached hydrogens (tertiary/aromatic N) is 1. The molecule has 4 nitrogen and oxygen atoms in total. The summed E-state index contributed by atoms with van der Waals surface area (Å²) in [5, 5.41) is 3.52. The van der Waals surface area contributed by atoms with Crippen LogP contribution in [-0.2, 0) is 5.54 Å². The highest BCUT2D eigenvalue weighted by molar-refractivity contribution is 8.14. The van der Waals surface area contributed by atoms with Gasteiger partial charge < -0.3 is 5.32 Å². The van der Waals surface area contributed by atoms with Gasteiger partial charge in [-0.1, -0.05) is 54.8 Å². The van der Waals surface area contributed by atoms with Crippen molar-refractivity contribution in [3.8, 4) is 0 Å². The lowest BCUT2D eigenvalue weighted by atomic mass is 9.92. The van der Waals surface area contributed by atoms with E-state index in [0.29, 0.717) is 10.8 Å². The fraction of sp³-hybridized carbons (Fsp3) is 0.529. The molecule has 6 heteroatoms. The summed E-state index contributed by atoms with van der Waals surface area (Å²) >= 11 is 7.15. The molecule has 0 aromatic heterocycles. The number of thioether (sulfide) groups is 1. The van der Waals surface area contributed by atoms with Gasteiger partial charge in [-0.3, -0.25) is 4.79 Å². The van der Waals surface area contributed by atoms with Crippen LogP contribution in [0.15, 0.2) is 24.3 Å². The summed E-state index contributed by atoms with van der Waals surface area (Å²) in [5.41, 5.74) is 0.296. The van der Waals surface area contributed by atoms with Crippen LogP contribution < -0.4 is 5.32 Å². The molecular formula is C17H21ClN2O2S. The average molecular weight is 353 g/mol. The quantitative estimate of drug-likeness (QED) is 0.834. The summed E-state index contributed by atoms with van der Waals surface area (Å²) in [6.45, 7) is 1.94. The molecule has 2 aliphatic rings. The fourth-order valence-corrected chi connectivity index (χ4v) is 4.59. The zero-order valence-electron chi connectivity index (χ0n) is 13.2. The molecule has 1 N–H and O–H groups in total. The Kier molecular flexibility index (Phi) is 4.87. The van der Waals surface area contributed by atoms with E-state index in [1.54, 1.807) is 12.1 Å². The van der Waals surface area contributed by atoms with Crippen molar-refractivity contribution in [2.24, 2.45) is 0 Å². The fourth-order valence-electron chi connectivity index (χ4n) is 3.35. The summed E-state index contributed by atoms with van der Waals surface area (Å²) in [7, 11) is 0. The summed E-state index contributed by atoms with van der Waals surface area (Å²) < 4.78 is 0. The summed E-state index contributed by atoms with van der Waals surface area (Å²) in [6, 6.07) is 7.29. The van der Waals surface area contributed by atoms with E-state index in [1.165, 1.54) is 23.1 Å². The number of carbonyl (C=O) groups is 2. The third-order valence-corrected chi connectivity index (χ3v) is 6.14. The molecule has 124 valence electrons. The SMILES string of the molecule is CC1(c2ccc(Cl)cc2)CSC(=O)N1C(=O)NC1CCCCC1. The first-order chi connectivity index (χ1) is 11.0. The lowest BCUT2D eigenvalue weighted by molar-refractivity contribution is 0.158. The molecule has 1 atom stereocenters. The van der Waals surface area contributed by atoms with Crippen molar-refractivity contribution in [3.63, 3.8) is 0 Å². The van der Waals surface area contributed by atoms with Crippen LogP contribution in [0.2, 0.25) is 5.02 Å². The zero-order chi connectivity index (χ0) is 16.4. The maximum atomic E-state index is 12.7. The van der Waals surface area contributed by atoms with Gasteiger partial charge in [0.15, 0.2) is 0 Å². The maximum Gasteiger partial charge on any atom is 0.325 e. The van der Waals surface area contributed by atoms with Gasteiger partial charge >= 0.3 is 6.03 Å². The molecule has 1 unspecified atom stereocenters. The Morgan fingerprint density at radius 3 is 2.57 bits per heavy atom. The molecule has 1 aromatic rings. The predicted octanol–water partition coefficient (Wildman–Crippen LogP) is 4.77. The molecule has 0 bridgehead atoms. The number of benzene rings is 1. The minimum absolute atomic E-state index is 0.184. The van der Waals surface area contributed by atoms with Crippen molar-refractivity contribution in [1.29, 1.82) is 0 Å². The molecule has 1 aromatic carbocycles. The molecule has 1 heterocycles. The first kappa shape index (κ1) is 16.7. The summed E-state index contributed by atoms with van der Waals surface area (Å²) in [5.74, 6) is 0.561. The van der Waals surface area contributed by atoms with Crippen LogP contribution in [0.4, 0.5) is 9.59 Å². The Bertz CT molecular complexity index is 601. The molecule has 23 heavy (non-hydrogen) atoms. The van der Waals surface area contributed by atoms with E-state index in [2.05, 4.69) is 5.32 Å². The molecule has 2 fully saturated rings. The maximum absolute atomic E-state index is 12.7.